The van der Waals surface area contributed by atoms with Gasteiger partial charge in [0.05, 0.1) is 0 Å². The predicted molar refractivity (Wildman–Crippen MR) is 80.2 cm³/mol. The molecule has 0 bridgehead atoms. The highest BCUT2D eigenvalue weighted by Gasteiger charge is 2.27. The van der Waals surface area contributed by atoms with Crippen molar-refractivity contribution in [1.29, 1.82) is 0 Å². The highest BCUT2D eigenvalue weighted by molar-refractivity contribution is 5.22. The van der Waals surface area contributed by atoms with E-state index in [2.05, 4.69) is 41.4 Å². The van der Waals surface area contributed by atoms with Crippen LogP contribution >= 0.6 is 0 Å². The molecule has 0 aromatic heterocycles. The van der Waals surface area contributed by atoms with Crippen molar-refractivity contribution < 1.29 is 0 Å². The zero-order chi connectivity index (χ0) is 13.1. The molecule has 0 unspecified atom stereocenters. The molecule has 1 heterocycles. The smallest absolute Gasteiger partial charge is 0.0236 e. The van der Waals surface area contributed by atoms with E-state index in [1.54, 1.807) is 0 Å². The Morgan fingerprint density at radius 2 is 2.00 bits per heavy atom. The van der Waals surface area contributed by atoms with Crippen LogP contribution < -0.4 is 5.32 Å². The highest BCUT2D eigenvalue weighted by Crippen LogP contribution is 2.26. The summed E-state index contributed by atoms with van der Waals surface area (Å²) in [5, 5.41) is 3.40. The molecule has 1 saturated carbocycles. The summed E-state index contributed by atoms with van der Waals surface area (Å²) in [6.07, 6.45) is 5.67. The fraction of sp³-hybridized carbons (Fsp3) is 0.647. The first kappa shape index (κ1) is 13.1. The Bertz CT molecular complexity index is 405. The maximum absolute atomic E-state index is 3.40. The molecule has 19 heavy (non-hydrogen) atoms. The molecule has 2 fully saturated rings. The summed E-state index contributed by atoms with van der Waals surface area (Å²) in [4.78, 5) is 2.76. The number of nitrogens with zero attached hydrogens (tertiary/aromatic N) is 1. The molecule has 2 nitrogen and oxygen atoms in total. The molecule has 0 spiro atoms. The minimum atomic E-state index is 0.834. The van der Waals surface area contributed by atoms with Crippen molar-refractivity contribution in [2.75, 3.05) is 19.6 Å². The second-order valence-electron chi connectivity index (χ2n) is 6.38. The van der Waals surface area contributed by atoms with Gasteiger partial charge in [0, 0.05) is 32.2 Å². The van der Waals surface area contributed by atoms with Gasteiger partial charge in [-0.2, -0.15) is 0 Å². The van der Waals surface area contributed by atoms with Crippen LogP contribution in [0.15, 0.2) is 24.3 Å². The zero-order valence-electron chi connectivity index (χ0n) is 12.1. The van der Waals surface area contributed by atoms with E-state index in [1.165, 1.54) is 56.4 Å². The van der Waals surface area contributed by atoms with Crippen molar-refractivity contribution in [3.63, 3.8) is 0 Å². The molecule has 0 amide bonds. The van der Waals surface area contributed by atoms with E-state index in [-0.39, 0.29) is 0 Å². The van der Waals surface area contributed by atoms with E-state index in [9.17, 15) is 0 Å². The van der Waals surface area contributed by atoms with Crippen LogP contribution in [0.2, 0.25) is 0 Å². The van der Waals surface area contributed by atoms with Gasteiger partial charge in [0.2, 0.25) is 0 Å². The maximum atomic E-state index is 3.40. The molecule has 1 aromatic carbocycles. The summed E-state index contributed by atoms with van der Waals surface area (Å²) in [6, 6.07) is 9.86. The van der Waals surface area contributed by atoms with E-state index >= 15 is 0 Å². The molecule has 3 rings (SSSR count). The van der Waals surface area contributed by atoms with Gasteiger partial charge in [-0.1, -0.05) is 42.7 Å². The summed E-state index contributed by atoms with van der Waals surface area (Å²) in [5.41, 5.74) is 2.87. The fourth-order valence-corrected chi connectivity index (χ4v) is 3.47. The van der Waals surface area contributed by atoms with Crippen LogP contribution in [0.3, 0.4) is 0 Å². The predicted octanol–water partition coefficient (Wildman–Crippen LogP) is 2.96. The quantitative estimate of drug-likeness (QED) is 0.873. The van der Waals surface area contributed by atoms with Crippen molar-refractivity contribution in [1.82, 2.24) is 10.2 Å². The second-order valence-corrected chi connectivity index (χ2v) is 6.38. The van der Waals surface area contributed by atoms with Gasteiger partial charge >= 0.3 is 0 Å². The van der Waals surface area contributed by atoms with Gasteiger partial charge in [0.15, 0.2) is 0 Å². The van der Waals surface area contributed by atoms with E-state index in [0.717, 1.165) is 18.5 Å². The number of aryl methyl sites for hydroxylation is 1. The van der Waals surface area contributed by atoms with Crippen molar-refractivity contribution in [3.8, 4) is 0 Å². The van der Waals surface area contributed by atoms with Gasteiger partial charge < -0.3 is 5.32 Å². The lowest BCUT2D eigenvalue weighted by Gasteiger charge is -2.36. The van der Waals surface area contributed by atoms with Gasteiger partial charge in [0.25, 0.3) is 0 Å². The average molecular weight is 258 g/mol. The molecule has 1 saturated heterocycles. The molecule has 1 N–H and O–H groups in total. The van der Waals surface area contributed by atoms with Crippen molar-refractivity contribution in [3.05, 3.63) is 35.4 Å². The standard InChI is InChI=1S/C17H26N2/c1-14-5-4-6-15(9-14)12-19(13-16-10-18-11-16)17-7-2-3-8-17/h4-6,9,16-18H,2-3,7-8,10-13H2,1H3. The molecule has 104 valence electrons. The van der Waals surface area contributed by atoms with Crippen LogP contribution in [0.25, 0.3) is 0 Å². The highest BCUT2D eigenvalue weighted by atomic mass is 15.2. The summed E-state index contributed by atoms with van der Waals surface area (Å²) < 4.78 is 0. The molecule has 0 atom stereocenters. The minimum Gasteiger partial charge on any atom is -0.316 e. The normalized spacial score (nSPS) is 20.9. The Balaban J connectivity index is 1.66. The van der Waals surface area contributed by atoms with E-state index in [1.807, 2.05) is 0 Å². The van der Waals surface area contributed by atoms with Crippen LogP contribution in [-0.4, -0.2) is 30.6 Å². The Morgan fingerprint density at radius 3 is 2.63 bits per heavy atom. The lowest BCUT2D eigenvalue weighted by atomic mass is 10.0. The van der Waals surface area contributed by atoms with Crippen molar-refractivity contribution >= 4 is 0 Å². The van der Waals surface area contributed by atoms with Crippen LogP contribution in [0, 0.1) is 12.8 Å². The summed E-state index contributed by atoms with van der Waals surface area (Å²) in [7, 11) is 0. The summed E-state index contributed by atoms with van der Waals surface area (Å²) in [5.74, 6) is 0.880. The lowest BCUT2D eigenvalue weighted by Crippen LogP contribution is -2.49. The third-order valence-corrected chi connectivity index (χ3v) is 4.67. The molecular formula is C17H26N2. The first-order chi connectivity index (χ1) is 9.31. The average Bonchev–Trinajstić information content (AvgIpc) is 2.86. The molecule has 0 radical (unpaired) electrons. The number of hydrogen-bond acceptors (Lipinski definition) is 2. The number of benzene rings is 1. The topological polar surface area (TPSA) is 15.3 Å². The molecule has 1 aliphatic carbocycles. The largest absolute Gasteiger partial charge is 0.316 e. The van der Waals surface area contributed by atoms with Gasteiger partial charge in [-0.3, -0.25) is 4.90 Å². The van der Waals surface area contributed by atoms with Gasteiger partial charge in [-0.05, 0) is 31.2 Å². The number of rotatable bonds is 5. The van der Waals surface area contributed by atoms with E-state index in [0.29, 0.717) is 0 Å². The molecular weight excluding hydrogens is 232 g/mol. The fourth-order valence-electron chi connectivity index (χ4n) is 3.47. The maximum Gasteiger partial charge on any atom is 0.0236 e. The number of hydrogen-bond donors (Lipinski definition) is 1. The summed E-state index contributed by atoms with van der Waals surface area (Å²) in [6.45, 7) is 7.06. The third kappa shape index (κ3) is 3.37. The first-order valence-corrected chi connectivity index (χ1v) is 7.81. The van der Waals surface area contributed by atoms with E-state index < -0.39 is 0 Å². The van der Waals surface area contributed by atoms with Crippen molar-refractivity contribution in [2.45, 2.75) is 45.2 Å². The Hall–Kier alpha value is -0.860. The van der Waals surface area contributed by atoms with E-state index in [4.69, 9.17) is 0 Å². The SMILES string of the molecule is Cc1cccc(CN(CC2CNC2)C2CCCC2)c1. The first-order valence-electron chi connectivity index (χ1n) is 7.81. The molecule has 2 aliphatic rings. The monoisotopic (exact) mass is 258 g/mol. The summed E-state index contributed by atoms with van der Waals surface area (Å²) >= 11 is 0. The van der Waals surface area contributed by atoms with Crippen LogP contribution in [0.1, 0.15) is 36.8 Å². The van der Waals surface area contributed by atoms with Gasteiger partial charge in [0.1, 0.15) is 0 Å². The number of nitrogens with one attached hydrogen (secondary N) is 1. The molecule has 1 aromatic rings. The van der Waals surface area contributed by atoms with Crippen LogP contribution in [0.4, 0.5) is 0 Å². The second kappa shape index (κ2) is 6.06. The van der Waals surface area contributed by atoms with Crippen LogP contribution in [-0.2, 0) is 6.54 Å². The minimum absolute atomic E-state index is 0.834. The van der Waals surface area contributed by atoms with Crippen LogP contribution in [0.5, 0.6) is 0 Å². The molecule has 2 heteroatoms. The van der Waals surface area contributed by atoms with Gasteiger partial charge in [-0.25, -0.2) is 0 Å². The lowest BCUT2D eigenvalue weighted by molar-refractivity contribution is 0.137. The zero-order valence-corrected chi connectivity index (χ0v) is 12.1. The van der Waals surface area contributed by atoms with Crippen molar-refractivity contribution in [2.24, 2.45) is 5.92 Å². The van der Waals surface area contributed by atoms with Gasteiger partial charge in [-0.15, -0.1) is 0 Å². The Kier molecular flexibility index (Phi) is 4.19. The third-order valence-electron chi connectivity index (χ3n) is 4.67. The Labute approximate surface area is 117 Å². The molecule has 1 aliphatic heterocycles. The Morgan fingerprint density at radius 1 is 1.21 bits per heavy atom.